The molecule has 0 aromatic heterocycles. The Kier molecular flexibility index (Phi) is 4.11. The molecule has 2 heteroatoms. The summed E-state index contributed by atoms with van der Waals surface area (Å²) in [7, 11) is 0. The van der Waals surface area contributed by atoms with Gasteiger partial charge in [0.25, 0.3) is 0 Å². The first kappa shape index (κ1) is 10.2. The number of terminal acetylenes is 1. The second-order valence-electron chi connectivity index (χ2n) is 2.93. The van der Waals surface area contributed by atoms with Crippen LogP contribution in [0.1, 0.15) is 12.8 Å². The van der Waals surface area contributed by atoms with Gasteiger partial charge in [0.1, 0.15) is 6.04 Å². The molecule has 0 fully saturated rings. The van der Waals surface area contributed by atoms with Gasteiger partial charge in [0.05, 0.1) is 6.07 Å². The number of nitrogens with zero attached hydrogens (tertiary/aromatic N) is 1. The molecular formula is C12H12N2. The van der Waals surface area contributed by atoms with E-state index in [1.54, 1.807) is 0 Å². The van der Waals surface area contributed by atoms with Crippen LogP contribution in [0.2, 0.25) is 0 Å². The maximum atomic E-state index is 8.83. The van der Waals surface area contributed by atoms with Crippen LogP contribution in [0.5, 0.6) is 0 Å². The van der Waals surface area contributed by atoms with Crippen LogP contribution in [0, 0.1) is 23.7 Å². The molecule has 70 valence electrons. The largest absolute Gasteiger partial charge is 0.370 e. The number of hydrogen-bond donors (Lipinski definition) is 1. The lowest BCUT2D eigenvalue weighted by atomic mass is 10.1. The van der Waals surface area contributed by atoms with E-state index < -0.39 is 0 Å². The van der Waals surface area contributed by atoms with Crippen molar-refractivity contribution in [1.82, 2.24) is 0 Å². The number of hydrogen-bond acceptors (Lipinski definition) is 2. The first-order valence-corrected chi connectivity index (χ1v) is 4.51. The smallest absolute Gasteiger partial charge is 0.115 e. The fourth-order valence-electron chi connectivity index (χ4n) is 1.13. The quantitative estimate of drug-likeness (QED) is 0.729. The molecule has 0 spiro atoms. The van der Waals surface area contributed by atoms with Crippen LogP contribution in [0.3, 0.4) is 0 Å². The summed E-state index contributed by atoms with van der Waals surface area (Å²) in [6.45, 7) is 0. The van der Waals surface area contributed by atoms with Gasteiger partial charge in [-0.25, -0.2) is 0 Å². The fraction of sp³-hybridized carbons (Fsp3) is 0.250. The van der Waals surface area contributed by atoms with Gasteiger partial charge < -0.3 is 5.32 Å². The van der Waals surface area contributed by atoms with Crippen LogP contribution in [0.25, 0.3) is 0 Å². The highest BCUT2D eigenvalue weighted by molar-refractivity contribution is 5.44. The van der Waals surface area contributed by atoms with Crippen LogP contribution in [-0.4, -0.2) is 6.04 Å². The summed E-state index contributed by atoms with van der Waals surface area (Å²) in [4.78, 5) is 0. The third-order valence-electron chi connectivity index (χ3n) is 1.85. The minimum atomic E-state index is -0.201. The molecule has 0 saturated heterocycles. The number of benzene rings is 1. The summed E-state index contributed by atoms with van der Waals surface area (Å²) in [6, 6.07) is 11.6. The van der Waals surface area contributed by atoms with Gasteiger partial charge in [0.2, 0.25) is 0 Å². The van der Waals surface area contributed by atoms with Gasteiger partial charge in [0, 0.05) is 12.1 Å². The Hall–Kier alpha value is -1.93. The van der Waals surface area contributed by atoms with Gasteiger partial charge in [-0.05, 0) is 18.6 Å². The summed E-state index contributed by atoms with van der Waals surface area (Å²) < 4.78 is 0. The Labute approximate surface area is 84.6 Å². The molecule has 1 aromatic carbocycles. The summed E-state index contributed by atoms with van der Waals surface area (Å²) >= 11 is 0. The van der Waals surface area contributed by atoms with Crippen molar-refractivity contribution in [1.29, 1.82) is 5.26 Å². The van der Waals surface area contributed by atoms with Crippen molar-refractivity contribution in [2.75, 3.05) is 5.32 Å². The highest BCUT2D eigenvalue weighted by atomic mass is 14.9. The van der Waals surface area contributed by atoms with Crippen molar-refractivity contribution in [2.45, 2.75) is 18.9 Å². The van der Waals surface area contributed by atoms with Crippen LogP contribution in [0.4, 0.5) is 5.69 Å². The summed E-state index contributed by atoms with van der Waals surface area (Å²) in [5.74, 6) is 2.53. The van der Waals surface area contributed by atoms with Crippen molar-refractivity contribution >= 4 is 5.69 Å². The second-order valence-corrected chi connectivity index (χ2v) is 2.93. The molecule has 1 N–H and O–H groups in total. The molecule has 0 radical (unpaired) electrons. The molecule has 0 heterocycles. The van der Waals surface area contributed by atoms with Gasteiger partial charge >= 0.3 is 0 Å². The molecule has 0 aliphatic rings. The fourth-order valence-corrected chi connectivity index (χ4v) is 1.13. The topological polar surface area (TPSA) is 35.8 Å². The number of rotatable bonds is 4. The van der Waals surface area contributed by atoms with Crippen molar-refractivity contribution in [3.63, 3.8) is 0 Å². The first-order valence-electron chi connectivity index (χ1n) is 4.51. The van der Waals surface area contributed by atoms with Crippen molar-refractivity contribution in [3.8, 4) is 18.4 Å². The molecule has 0 amide bonds. The Morgan fingerprint density at radius 2 is 2.07 bits per heavy atom. The molecule has 1 aromatic rings. The standard InChI is InChI=1S/C12H12N2/c1-2-3-7-12(10-13)14-11-8-5-4-6-9-11/h1,4-6,8-9,12,14H,3,7H2. The second kappa shape index (κ2) is 5.67. The highest BCUT2D eigenvalue weighted by Crippen LogP contribution is 2.09. The van der Waals surface area contributed by atoms with Gasteiger partial charge in [-0.15, -0.1) is 12.3 Å². The van der Waals surface area contributed by atoms with Crippen LogP contribution in [-0.2, 0) is 0 Å². The molecule has 1 unspecified atom stereocenters. The van der Waals surface area contributed by atoms with E-state index in [-0.39, 0.29) is 6.04 Å². The van der Waals surface area contributed by atoms with E-state index in [1.807, 2.05) is 30.3 Å². The monoisotopic (exact) mass is 184 g/mol. The third-order valence-corrected chi connectivity index (χ3v) is 1.85. The van der Waals surface area contributed by atoms with Crippen LogP contribution in [0.15, 0.2) is 30.3 Å². The molecule has 1 rings (SSSR count). The molecule has 14 heavy (non-hydrogen) atoms. The van der Waals surface area contributed by atoms with E-state index in [2.05, 4.69) is 17.3 Å². The van der Waals surface area contributed by atoms with E-state index >= 15 is 0 Å². The average Bonchev–Trinajstić information content (AvgIpc) is 2.25. The third kappa shape index (κ3) is 3.21. The lowest BCUT2D eigenvalue weighted by Crippen LogP contribution is -2.16. The van der Waals surface area contributed by atoms with Gasteiger partial charge in [-0.2, -0.15) is 5.26 Å². The van der Waals surface area contributed by atoms with Gasteiger partial charge in [-0.1, -0.05) is 18.2 Å². The minimum Gasteiger partial charge on any atom is -0.370 e. The number of nitrogens with one attached hydrogen (secondary N) is 1. The molecule has 1 atom stereocenters. The lowest BCUT2D eigenvalue weighted by molar-refractivity contribution is 0.797. The van der Waals surface area contributed by atoms with Gasteiger partial charge in [-0.3, -0.25) is 0 Å². The Morgan fingerprint density at radius 3 is 2.64 bits per heavy atom. The molecule has 0 aliphatic heterocycles. The van der Waals surface area contributed by atoms with E-state index in [1.165, 1.54) is 0 Å². The number of nitriles is 1. The van der Waals surface area contributed by atoms with E-state index in [4.69, 9.17) is 11.7 Å². The molecule has 0 saturated carbocycles. The maximum Gasteiger partial charge on any atom is 0.115 e. The van der Waals surface area contributed by atoms with E-state index in [0.717, 1.165) is 5.69 Å². The van der Waals surface area contributed by atoms with E-state index in [9.17, 15) is 0 Å². The lowest BCUT2D eigenvalue weighted by Gasteiger charge is -2.10. The van der Waals surface area contributed by atoms with Crippen molar-refractivity contribution in [2.24, 2.45) is 0 Å². The normalized spacial score (nSPS) is 11.0. The average molecular weight is 184 g/mol. The first-order chi connectivity index (χ1) is 6.86. The van der Waals surface area contributed by atoms with Crippen LogP contribution >= 0.6 is 0 Å². The summed E-state index contributed by atoms with van der Waals surface area (Å²) in [5, 5.41) is 11.9. The predicted octanol–water partition coefficient (Wildman–Crippen LogP) is 2.40. The maximum absolute atomic E-state index is 8.83. The Balaban J connectivity index is 2.51. The van der Waals surface area contributed by atoms with Crippen molar-refractivity contribution < 1.29 is 0 Å². The zero-order chi connectivity index (χ0) is 10.2. The minimum absolute atomic E-state index is 0.201. The van der Waals surface area contributed by atoms with E-state index in [0.29, 0.717) is 12.8 Å². The zero-order valence-electron chi connectivity index (χ0n) is 7.90. The highest BCUT2D eigenvalue weighted by Gasteiger charge is 2.04. The molecular weight excluding hydrogens is 172 g/mol. The van der Waals surface area contributed by atoms with Gasteiger partial charge in [0.15, 0.2) is 0 Å². The van der Waals surface area contributed by atoms with Crippen molar-refractivity contribution in [3.05, 3.63) is 30.3 Å². The summed E-state index contributed by atoms with van der Waals surface area (Å²) in [6.07, 6.45) is 6.44. The Morgan fingerprint density at radius 1 is 1.36 bits per heavy atom. The predicted molar refractivity (Wildman–Crippen MR) is 57.5 cm³/mol. The number of anilines is 1. The SMILES string of the molecule is C#CCCC(C#N)Nc1ccccc1. The molecule has 0 bridgehead atoms. The molecule has 2 nitrogen and oxygen atoms in total. The number of para-hydroxylation sites is 1. The zero-order valence-corrected chi connectivity index (χ0v) is 7.90. The Bertz CT molecular complexity index is 343. The molecule has 0 aliphatic carbocycles. The van der Waals surface area contributed by atoms with Crippen LogP contribution < -0.4 is 5.32 Å². The summed E-state index contributed by atoms with van der Waals surface area (Å²) in [5.41, 5.74) is 0.955.